The molecule has 0 radical (unpaired) electrons. The van der Waals surface area contributed by atoms with Gasteiger partial charge in [-0.25, -0.2) is 0 Å². The van der Waals surface area contributed by atoms with Crippen LogP contribution in [0.2, 0.25) is 0 Å². The molecule has 23 nitrogen and oxygen atoms in total. The second-order valence-corrected chi connectivity index (χ2v) is 30.6. The summed E-state index contributed by atoms with van der Waals surface area (Å²) in [5, 5.41) is 0. The molecular weight excluding hydrogens is 1420 g/mol. The molecular formula is C88H140O23. The first-order chi connectivity index (χ1) is 51.6. The quantitative estimate of drug-likeness (QED) is 0.0546. The Bertz CT molecular complexity index is 3080. The minimum absolute atomic E-state index is 0.0120. The molecule has 0 aliphatic carbocycles. The van der Waals surface area contributed by atoms with Crippen molar-refractivity contribution in [1.82, 2.24) is 0 Å². The van der Waals surface area contributed by atoms with Crippen molar-refractivity contribution in [2.45, 2.75) is 369 Å². The Hall–Kier alpha value is -7.59. The molecule has 0 saturated heterocycles. The van der Waals surface area contributed by atoms with E-state index >= 15 is 0 Å². The number of hydrogen-bond donors (Lipinski definition) is 0. The maximum atomic E-state index is 12.2. The minimum Gasteiger partial charge on any atom is -0.300 e. The number of ketones is 23. The highest BCUT2D eigenvalue weighted by molar-refractivity contribution is 5.97. The molecule has 0 amide bonds. The first kappa shape index (κ1) is 112. The average molecular weight is 1570 g/mol. The summed E-state index contributed by atoms with van der Waals surface area (Å²) in [6, 6.07) is 0. The zero-order chi connectivity index (χ0) is 86.6. The van der Waals surface area contributed by atoms with E-state index in [9.17, 15) is 110 Å². The fourth-order valence-corrected chi connectivity index (χ4v) is 10.3. The van der Waals surface area contributed by atoms with Gasteiger partial charge >= 0.3 is 0 Å². The number of carbonyl (C=O) groups is 23. The van der Waals surface area contributed by atoms with Gasteiger partial charge in [0.2, 0.25) is 0 Å². The Morgan fingerprint density at radius 3 is 0.541 bits per heavy atom. The molecule has 0 heterocycles. The van der Waals surface area contributed by atoms with Crippen LogP contribution in [0.1, 0.15) is 369 Å². The van der Waals surface area contributed by atoms with Gasteiger partial charge in [-0.2, -0.15) is 0 Å². The molecule has 0 saturated carbocycles. The summed E-state index contributed by atoms with van der Waals surface area (Å²) >= 11 is 0. The SMILES string of the molecule is CCC(C)C(=O)CC(C)C(=O)CC(C)C(=O)CC(C)C(C)=O.CCCC(=O)CC(C)C(=O)CCC(=O)CCC(=O)CCC(=O)CC(C)C(C)=O.CCCC(=O)CCC(=O)CC(C)C(=O)CC(C)C(C)=O.CCCC(=O)CCC(=O)CCC(=O)CCC(=O)CC(C)C(C)=O.CCCC(=O)CCC(=O)CCC(=O)CCC(C)=O. The predicted molar refractivity (Wildman–Crippen MR) is 425 cm³/mol. The Morgan fingerprint density at radius 1 is 0.162 bits per heavy atom. The van der Waals surface area contributed by atoms with Crippen LogP contribution in [-0.4, -0.2) is 133 Å². The molecule has 0 bridgehead atoms. The highest BCUT2D eigenvalue weighted by atomic mass is 16.2. The molecule has 630 valence electrons. The monoisotopic (exact) mass is 1560 g/mol. The van der Waals surface area contributed by atoms with Gasteiger partial charge in [-0.05, 0) is 66.7 Å². The lowest BCUT2D eigenvalue weighted by atomic mass is 9.86. The van der Waals surface area contributed by atoms with E-state index in [-0.39, 0.29) is 360 Å². The van der Waals surface area contributed by atoms with Gasteiger partial charge in [0.1, 0.15) is 133 Å². The molecule has 0 N–H and O–H groups in total. The van der Waals surface area contributed by atoms with Crippen molar-refractivity contribution in [3.8, 4) is 0 Å². The highest BCUT2D eigenvalue weighted by Gasteiger charge is 2.27. The van der Waals surface area contributed by atoms with Gasteiger partial charge < -0.3 is 4.79 Å². The van der Waals surface area contributed by atoms with Crippen LogP contribution >= 0.6 is 0 Å². The summed E-state index contributed by atoms with van der Waals surface area (Å²) in [7, 11) is 0. The van der Waals surface area contributed by atoms with Crippen molar-refractivity contribution in [2.75, 3.05) is 0 Å². The lowest BCUT2D eigenvalue weighted by Crippen LogP contribution is -2.24. The summed E-state index contributed by atoms with van der Waals surface area (Å²) in [5.74, 6) is -3.58. The first-order valence-corrected chi connectivity index (χ1v) is 40.5. The summed E-state index contributed by atoms with van der Waals surface area (Å²) < 4.78 is 0. The maximum absolute atomic E-state index is 12.2. The topological polar surface area (TPSA) is 393 Å². The summed E-state index contributed by atoms with van der Waals surface area (Å²) in [6.07, 6.45) is 10.6. The van der Waals surface area contributed by atoms with Crippen LogP contribution in [0.25, 0.3) is 0 Å². The lowest BCUT2D eigenvalue weighted by Gasteiger charge is -2.16. The van der Waals surface area contributed by atoms with Gasteiger partial charge in [0.05, 0.1) is 0 Å². The minimum atomic E-state index is -0.393. The Morgan fingerprint density at radius 2 is 0.315 bits per heavy atom. The summed E-state index contributed by atoms with van der Waals surface area (Å²) in [5.41, 5.74) is 0. The van der Waals surface area contributed by atoms with Gasteiger partial charge in [0, 0.05) is 259 Å². The number of rotatable bonds is 64. The lowest BCUT2D eigenvalue weighted by molar-refractivity contribution is -0.132. The van der Waals surface area contributed by atoms with E-state index in [1.165, 1.54) is 34.6 Å². The van der Waals surface area contributed by atoms with E-state index in [0.717, 1.165) is 32.1 Å². The second kappa shape index (κ2) is 67.0. The van der Waals surface area contributed by atoms with Crippen molar-refractivity contribution >= 4 is 133 Å². The zero-order valence-corrected chi connectivity index (χ0v) is 71.2. The van der Waals surface area contributed by atoms with Crippen LogP contribution in [0.3, 0.4) is 0 Å². The Labute approximate surface area is 662 Å². The maximum Gasteiger partial charge on any atom is 0.136 e. The van der Waals surface area contributed by atoms with Crippen LogP contribution in [0.15, 0.2) is 0 Å². The average Bonchev–Trinajstić information content (AvgIpc) is 0.904. The third-order valence-corrected chi connectivity index (χ3v) is 19.3. The van der Waals surface area contributed by atoms with Crippen LogP contribution in [0.5, 0.6) is 0 Å². The van der Waals surface area contributed by atoms with Crippen molar-refractivity contribution < 1.29 is 110 Å². The fraction of sp³-hybridized carbons (Fsp3) is 0.739. The van der Waals surface area contributed by atoms with Crippen molar-refractivity contribution in [1.29, 1.82) is 0 Å². The van der Waals surface area contributed by atoms with Gasteiger partial charge in [-0.15, -0.1) is 0 Å². The van der Waals surface area contributed by atoms with Crippen molar-refractivity contribution in [2.24, 2.45) is 53.3 Å². The van der Waals surface area contributed by atoms with Crippen LogP contribution in [-0.2, 0) is 110 Å². The van der Waals surface area contributed by atoms with Crippen LogP contribution < -0.4 is 0 Å². The third kappa shape index (κ3) is 66.7. The molecule has 0 aliphatic rings. The van der Waals surface area contributed by atoms with Gasteiger partial charge in [0.25, 0.3) is 0 Å². The van der Waals surface area contributed by atoms with Gasteiger partial charge in [-0.3, -0.25) is 105 Å². The van der Waals surface area contributed by atoms with E-state index in [2.05, 4.69) is 0 Å². The third-order valence-electron chi connectivity index (χ3n) is 19.3. The smallest absolute Gasteiger partial charge is 0.136 e. The molecule has 0 spiro atoms. The first-order valence-electron chi connectivity index (χ1n) is 40.5. The van der Waals surface area contributed by atoms with Gasteiger partial charge in [-0.1, -0.05) is 96.9 Å². The number of hydrogen-bond acceptors (Lipinski definition) is 23. The zero-order valence-electron chi connectivity index (χ0n) is 71.2. The van der Waals surface area contributed by atoms with E-state index in [4.69, 9.17) is 0 Å². The second-order valence-electron chi connectivity index (χ2n) is 30.6. The predicted octanol–water partition coefficient (Wildman–Crippen LogP) is 15.4. The fourth-order valence-electron chi connectivity index (χ4n) is 10.3. The summed E-state index contributed by atoms with van der Waals surface area (Å²) in [4.78, 5) is 265. The molecule has 9 atom stereocenters. The molecule has 23 heteroatoms. The van der Waals surface area contributed by atoms with Crippen LogP contribution in [0, 0.1) is 53.3 Å². The van der Waals surface area contributed by atoms with E-state index in [1.54, 1.807) is 55.4 Å². The van der Waals surface area contributed by atoms with E-state index in [1.807, 2.05) is 41.5 Å². The largest absolute Gasteiger partial charge is 0.300 e. The number of Topliss-reactive ketones (excluding diaryl/α,β-unsaturated/α-hetero) is 23. The molecule has 0 aromatic rings. The molecule has 9 unspecified atom stereocenters. The van der Waals surface area contributed by atoms with Crippen molar-refractivity contribution in [3.05, 3.63) is 0 Å². The van der Waals surface area contributed by atoms with Gasteiger partial charge in [0.15, 0.2) is 0 Å². The highest BCUT2D eigenvalue weighted by Crippen LogP contribution is 2.21. The van der Waals surface area contributed by atoms with E-state index < -0.39 is 5.92 Å². The molecule has 0 fully saturated rings. The Kier molecular flexibility index (Phi) is 67.6. The molecule has 0 aliphatic heterocycles. The molecule has 0 aromatic carbocycles. The molecule has 0 aromatic heterocycles. The molecule has 0 rings (SSSR count). The normalized spacial score (nSPS) is 13.0. The Balaban J connectivity index is -0.000000425. The summed E-state index contributed by atoms with van der Waals surface area (Å²) in [6.45, 7) is 32.5. The van der Waals surface area contributed by atoms with E-state index in [0.29, 0.717) is 25.7 Å². The standard InChI is InChI=1S/C22H34O6.C18H28O5.C18H30O4.C16H26O4.C14H22O4/c1-5-6-20(26)14-16(3)22(28)12-11-19(25)8-7-18(24)9-10-21(27)13-15(2)17(4)23;1-4-5-15(20)6-7-16(21)8-9-17(22)10-11-18(23)12-13(2)14(3)19;1-7-11(2)16(20)9-13(4)18(22)10-14(5)17(21)8-12(3)15(6)19;1-5-6-14(18)7-8-15(19)9-12(3)16(20)10-11(2)13(4)17;1-3-4-12(16)7-8-14(18)10-9-13(17)6-5-11(2)15/h15-16H,5-14H2,1-4H3;13H,4-12H2,1-3H3;11-14H,7-10H2,1-6H3;11-12H,5-10H2,1-4H3;3-10H2,1-2H3. The van der Waals surface area contributed by atoms with Crippen LogP contribution in [0.4, 0.5) is 0 Å². The number of carbonyl (C=O) groups excluding carboxylic acids is 23. The molecule has 111 heavy (non-hydrogen) atoms. The van der Waals surface area contributed by atoms with Crippen molar-refractivity contribution in [3.63, 3.8) is 0 Å².